The minimum atomic E-state index is 0.398. The largest absolute Gasteiger partial charge is 0.444 e. The zero-order chi connectivity index (χ0) is 15.4. The zero-order valence-electron chi connectivity index (χ0n) is 13.3. The normalized spacial score (nSPS) is 19.0. The molecule has 1 fully saturated rings. The van der Waals surface area contributed by atoms with E-state index in [1.165, 1.54) is 6.42 Å². The maximum Gasteiger partial charge on any atom is 0.208 e. The fraction of sp³-hybridized carbons (Fsp3) is 0.529. The first-order valence-corrected chi connectivity index (χ1v) is 8.02. The Hall–Kier alpha value is -1.88. The average molecular weight is 300 g/mol. The third-order valence-electron chi connectivity index (χ3n) is 4.11. The maximum absolute atomic E-state index is 5.79. The first kappa shape index (κ1) is 15.0. The number of anilines is 1. The Balaban J connectivity index is 1.45. The van der Waals surface area contributed by atoms with E-state index in [2.05, 4.69) is 34.0 Å². The van der Waals surface area contributed by atoms with Gasteiger partial charge >= 0.3 is 0 Å². The van der Waals surface area contributed by atoms with Gasteiger partial charge in [0.25, 0.3) is 0 Å². The molecule has 118 valence electrons. The number of pyridine rings is 1. The van der Waals surface area contributed by atoms with Crippen LogP contribution in [0.5, 0.6) is 0 Å². The van der Waals surface area contributed by atoms with E-state index < -0.39 is 0 Å². The second kappa shape index (κ2) is 6.92. The average Bonchev–Trinajstić information content (AvgIpc) is 3.16. The predicted molar refractivity (Wildman–Crippen MR) is 86.7 cm³/mol. The van der Waals surface area contributed by atoms with Gasteiger partial charge in [-0.25, -0.2) is 9.97 Å². The first-order valence-electron chi connectivity index (χ1n) is 8.02. The third-order valence-corrected chi connectivity index (χ3v) is 4.11. The lowest BCUT2D eigenvalue weighted by Gasteiger charge is -2.14. The number of nitrogens with zero attached hydrogens (tertiary/aromatic N) is 3. The van der Waals surface area contributed by atoms with Crippen molar-refractivity contribution in [1.29, 1.82) is 0 Å². The van der Waals surface area contributed by atoms with Gasteiger partial charge in [-0.05, 0) is 31.0 Å². The summed E-state index contributed by atoms with van der Waals surface area (Å²) in [6.45, 7) is 8.22. The van der Waals surface area contributed by atoms with Crippen LogP contribution in [-0.4, -0.2) is 34.5 Å². The molecule has 1 N–H and O–H groups in total. The Bertz CT molecular complexity index is 581. The molecule has 5 nitrogen and oxygen atoms in total. The van der Waals surface area contributed by atoms with Gasteiger partial charge in [0.1, 0.15) is 11.6 Å². The molecule has 1 saturated heterocycles. The standard InChI is InChI=1S/C17H24N4O/c1-13(2)15-10-20-17(22-15)12-21-8-6-14(11-21)9-19-16-5-3-4-7-18-16/h3-5,7,10,13-14H,6,8-9,11-12H2,1-2H3,(H,18,19). The van der Waals surface area contributed by atoms with E-state index >= 15 is 0 Å². The van der Waals surface area contributed by atoms with Crippen LogP contribution in [0.4, 0.5) is 5.82 Å². The highest BCUT2D eigenvalue weighted by Crippen LogP contribution is 2.21. The third kappa shape index (κ3) is 3.85. The zero-order valence-corrected chi connectivity index (χ0v) is 13.3. The van der Waals surface area contributed by atoms with Crippen LogP contribution in [0.25, 0.3) is 0 Å². The van der Waals surface area contributed by atoms with E-state index in [-0.39, 0.29) is 0 Å². The van der Waals surface area contributed by atoms with Crippen LogP contribution in [-0.2, 0) is 6.54 Å². The Labute approximate surface area is 131 Å². The van der Waals surface area contributed by atoms with Crippen LogP contribution in [0.15, 0.2) is 35.0 Å². The molecule has 5 heteroatoms. The fourth-order valence-electron chi connectivity index (χ4n) is 2.79. The number of hydrogen-bond donors (Lipinski definition) is 1. The van der Waals surface area contributed by atoms with Gasteiger partial charge in [-0.1, -0.05) is 19.9 Å². The van der Waals surface area contributed by atoms with Crippen LogP contribution < -0.4 is 5.32 Å². The molecule has 0 aliphatic carbocycles. The molecule has 1 atom stereocenters. The molecule has 2 aromatic heterocycles. The molecular formula is C17H24N4O. The number of oxazole rings is 1. The second-order valence-electron chi connectivity index (χ2n) is 6.30. The molecule has 1 aliphatic heterocycles. The summed E-state index contributed by atoms with van der Waals surface area (Å²) < 4.78 is 5.79. The molecule has 0 radical (unpaired) electrons. The van der Waals surface area contributed by atoms with Crippen molar-refractivity contribution in [3.05, 3.63) is 42.2 Å². The van der Waals surface area contributed by atoms with Gasteiger partial charge in [0.2, 0.25) is 5.89 Å². The maximum atomic E-state index is 5.79. The van der Waals surface area contributed by atoms with Crippen LogP contribution in [0.1, 0.15) is 37.8 Å². The van der Waals surface area contributed by atoms with Crippen molar-refractivity contribution in [2.75, 3.05) is 25.0 Å². The van der Waals surface area contributed by atoms with E-state index in [1.54, 1.807) is 0 Å². The quantitative estimate of drug-likeness (QED) is 0.888. The van der Waals surface area contributed by atoms with Crippen molar-refractivity contribution in [1.82, 2.24) is 14.9 Å². The van der Waals surface area contributed by atoms with Crippen LogP contribution in [0.2, 0.25) is 0 Å². The molecule has 0 spiro atoms. The molecule has 0 amide bonds. The van der Waals surface area contributed by atoms with E-state index in [9.17, 15) is 0 Å². The Morgan fingerprint density at radius 1 is 1.36 bits per heavy atom. The van der Waals surface area contributed by atoms with Crippen molar-refractivity contribution >= 4 is 5.82 Å². The summed E-state index contributed by atoms with van der Waals surface area (Å²) in [5.74, 6) is 3.82. The Morgan fingerprint density at radius 2 is 2.27 bits per heavy atom. The summed E-state index contributed by atoms with van der Waals surface area (Å²) in [5, 5.41) is 3.41. The number of hydrogen-bond acceptors (Lipinski definition) is 5. The highest BCUT2D eigenvalue weighted by Gasteiger charge is 2.23. The summed E-state index contributed by atoms with van der Waals surface area (Å²) in [6.07, 6.45) is 4.88. The van der Waals surface area contributed by atoms with Crippen LogP contribution in [0, 0.1) is 5.92 Å². The summed E-state index contributed by atoms with van der Waals surface area (Å²) in [5.41, 5.74) is 0. The summed E-state index contributed by atoms with van der Waals surface area (Å²) in [7, 11) is 0. The van der Waals surface area contributed by atoms with Crippen molar-refractivity contribution in [2.24, 2.45) is 5.92 Å². The van der Waals surface area contributed by atoms with E-state index in [1.807, 2.05) is 30.6 Å². The topological polar surface area (TPSA) is 54.2 Å². The van der Waals surface area contributed by atoms with Gasteiger partial charge < -0.3 is 9.73 Å². The smallest absolute Gasteiger partial charge is 0.208 e. The van der Waals surface area contributed by atoms with Gasteiger partial charge in [0, 0.05) is 25.2 Å². The highest BCUT2D eigenvalue weighted by atomic mass is 16.4. The number of aromatic nitrogens is 2. The monoisotopic (exact) mass is 300 g/mol. The molecule has 0 aromatic carbocycles. The van der Waals surface area contributed by atoms with Crippen molar-refractivity contribution in [2.45, 2.75) is 32.7 Å². The van der Waals surface area contributed by atoms with E-state index in [0.29, 0.717) is 11.8 Å². The number of rotatable bonds is 6. The SMILES string of the molecule is CC(C)c1cnc(CN2CCC(CNc3ccccn3)C2)o1. The Morgan fingerprint density at radius 3 is 3.00 bits per heavy atom. The molecule has 1 aliphatic rings. The molecule has 22 heavy (non-hydrogen) atoms. The van der Waals surface area contributed by atoms with Gasteiger partial charge in [-0.15, -0.1) is 0 Å². The van der Waals surface area contributed by atoms with Gasteiger partial charge in [-0.3, -0.25) is 4.90 Å². The number of likely N-dealkylation sites (tertiary alicyclic amines) is 1. The molecule has 2 aromatic rings. The van der Waals surface area contributed by atoms with Gasteiger partial charge in [0.15, 0.2) is 0 Å². The van der Waals surface area contributed by atoms with E-state index in [0.717, 1.165) is 43.6 Å². The minimum absolute atomic E-state index is 0.398. The minimum Gasteiger partial charge on any atom is -0.444 e. The van der Waals surface area contributed by atoms with Crippen molar-refractivity contribution < 1.29 is 4.42 Å². The lowest BCUT2D eigenvalue weighted by Crippen LogP contribution is -2.23. The molecule has 0 saturated carbocycles. The summed E-state index contributed by atoms with van der Waals surface area (Å²) in [4.78, 5) is 11.1. The van der Waals surface area contributed by atoms with Crippen LogP contribution in [0.3, 0.4) is 0 Å². The van der Waals surface area contributed by atoms with E-state index in [4.69, 9.17) is 4.42 Å². The molecule has 3 rings (SSSR count). The Kier molecular flexibility index (Phi) is 4.73. The van der Waals surface area contributed by atoms with Crippen molar-refractivity contribution in [3.8, 4) is 0 Å². The molecular weight excluding hydrogens is 276 g/mol. The summed E-state index contributed by atoms with van der Waals surface area (Å²) >= 11 is 0. The molecule has 1 unspecified atom stereocenters. The van der Waals surface area contributed by atoms with Crippen molar-refractivity contribution in [3.63, 3.8) is 0 Å². The molecule has 3 heterocycles. The molecule has 0 bridgehead atoms. The summed E-state index contributed by atoms with van der Waals surface area (Å²) in [6, 6.07) is 5.95. The fourth-order valence-corrected chi connectivity index (χ4v) is 2.79. The number of nitrogens with one attached hydrogen (secondary N) is 1. The lowest BCUT2D eigenvalue weighted by atomic mass is 10.1. The first-order chi connectivity index (χ1) is 10.7. The highest BCUT2D eigenvalue weighted by molar-refractivity contribution is 5.33. The van der Waals surface area contributed by atoms with Gasteiger partial charge in [0.05, 0.1) is 12.7 Å². The van der Waals surface area contributed by atoms with Crippen LogP contribution >= 0.6 is 0 Å². The van der Waals surface area contributed by atoms with Gasteiger partial charge in [-0.2, -0.15) is 0 Å². The predicted octanol–water partition coefficient (Wildman–Crippen LogP) is 3.13. The second-order valence-corrected chi connectivity index (χ2v) is 6.30. The lowest BCUT2D eigenvalue weighted by molar-refractivity contribution is 0.276.